The van der Waals surface area contributed by atoms with E-state index >= 15 is 0 Å². The maximum atomic E-state index is 12.9. The molecular weight excluding hydrogens is 392 g/mol. The number of amides is 1. The fourth-order valence-corrected chi connectivity index (χ4v) is 5.46. The van der Waals surface area contributed by atoms with Crippen LogP contribution in [0.15, 0.2) is 18.2 Å². The minimum Gasteiger partial charge on any atom is -0.351 e. The Labute approximate surface area is 188 Å². The Kier molecular flexibility index (Phi) is 7.90. The number of carbonyl (C=O) groups excluding carboxylic acids is 1. The van der Waals surface area contributed by atoms with E-state index in [2.05, 4.69) is 44.4 Å². The minimum absolute atomic E-state index is 0.0107. The van der Waals surface area contributed by atoms with Crippen LogP contribution in [0.25, 0.3) is 0 Å². The van der Waals surface area contributed by atoms with Crippen LogP contribution < -0.4 is 10.6 Å². The van der Waals surface area contributed by atoms with Gasteiger partial charge in [-0.25, -0.2) is 0 Å². The van der Waals surface area contributed by atoms with Crippen LogP contribution in [0, 0.1) is 16.7 Å². The predicted octanol–water partition coefficient (Wildman–Crippen LogP) is 6.39. The lowest BCUT2D eigenvalue weighted by Crippen LogP contribution is -2.43. The normalized spacial score (nSPS) is 25.0. The van der Waals surface area contributed by atoms with E-state index < -0.39 is 0 Å². The number of halogens is 1. The molecule has 3 nitrogen and oxygen atoms in total. The summed E-state index contributed by atoms with van der Waals surface area (Å²) >= 11 is 6.40. The zero-order valence-electron chi connectivity index (χ0n) is 19.5. The van der Waals surface area contributed by atoms with Gasteiger partial charge >= 0.3 is 0 Å². The molecular formula is C26H41ClN2O. The van der Waals surface area contributed by atoms with Crippen molar-refractivity contribution in [2.45, 2.75) is 91.5 Å². The van der Waals surface area contributed by atoms with Crippen LogP contribution in [0.3, 0.4) is 0 Å². The van der Waals surface area contributed by atoms with Crippen molar-refractivity contribution in [1.29, 1.82) is 0 Å². The quantitative estimate of drug-likeness (QED) is 0.467. The molecule has 2 fully saturated rings. The second kappa shape index (κ2) is 10.0. The molecule has 1 unspecified atom stereocenters. The molecule has 1 atom stereocenters. The van der Waals surface area contributed by atoms with Crippen LogP contribution in [0.4, 0.5) is 0 Å². The Morgan fingerprint density at radius 1 is 1.23 bits per heavy atom. The molecule has 30 heavy (non-hydrogen) atoms. The molecule has 0 heterocycles. The van der Waals surface area contributed by atoms with Crippen LogP contribution in [-0.2, 0) is 6.42 Å². The summed E-state index contributed by atoms with van der Waals surface area (Å²) < 4.78 is 0. The third-order valence-corrected chi connectivity index (χ3v) is 7.98. The van der Waals surface area contributed by atoms with Gasteiger partial charge in [0, 0.05) is 12.6 Å². The van der Waals surface area contributed by atoms with E-state index in [0.29, 0.717) is 22.0 Å². The average Bonchev–Trinajstić information content (AvgIpc) is 2.70. The van der Waals surface area contributed by atoms with Crippen molar-refractivity contribution in [2.75, 3.05) is 13.1 Å². The Bertz CT molecular complexity index is 714. The molecule has 4 heteroatoms. The van der Waals surface area contributed by atoms with Gasteiger partial charge in [0.05, 0.1) is 10.6 Å². The van der Waals surface area contributed by atoms with E-state index in [-0.39, 0.29) is 11.3 Å². The van der Waals surface area contributed by atoms with Gasteiger partial charge in [0.15, 0.2) is 0 Å². The molecule has 0 aliphatic heterocycles. The molecule has 1 amide bonds. The lowest BCUT2D eigenvalue weighted by Gasteiger charge is -2.45. The Morgan fingerprint density at radius 2 is 1.93 bits per heavy atom. The summed E-state index contributed by atoms with van der Waals surface area (Å²) in [7, 11) is 0. The summed E-state index contributed by atoms with van der Waals surface area (Å²) in [5.74, 6) is 0.870. The zero-order valence-corrected chi connectivity index (χ0v) is 20.2. The summed E-state index contributed by atoms with van der Waals surface area (Å²) in [5.41, 5.74) is 2.41. The number of benzene rings is 1. The molecule has 0 aromatic heterocycles. The maximum absolute atomic E-state index is 12.9. The third kappa shape index (κ3) is 6.23. The third-order valence-electron chi connectivity index (χ3n) is 7.65. The van der Waals surface area contributed by atoms with Crippen molar-refractivity contribution in [1.82, 2.24) is 10.6 Å². The highest BCUT2D eigenvalue weighted by molar-refractivity contribution is 6.33. The number of hydrogen-bond acceptors (Lipinski definition) is 2. The second-order valence-electron chi connectivity index (χ2n) is 11.0. The van der Waals surface area contributed by atoms with Gasteiger partial charge in [0.1, 0.15) is 0 Å². The molecule has 3 rings (SSSR count). The SMILES string of the molecule is CC(NCCCc1ccc(Cl)c(C(=O)NCC23CCCC(CCC2)C3)c1)C(C)(C)C. The van der Waals surface area contributed by atoms with Gasteiger partial charge in [0.2, 0.25) is 0 Å². The lowest BCUT2D eigenvalue weighted by atomic mass is 9.62. The number of carbonyl (C=O) groups is 1. The van der Waals surface area contributed by atoms with Crippen molar-refractivity contribution in [2.24, 2.45) is 16.7 Å². The van der Waals surface area contributed by atoms with Gasteiger partial charge < -0.3 is 10.6 Å². The van der Waals surface area contributed by atoms with Crippen LogP contribution in [0.1, 0.15) is 95.0 Å². The molecule has 168 valence electrons. The highest BCUT2D eigenvalue weighted by atomic mass is 35.5. The molecule has 0 saturated heterocycles. The Morgan fingerprint density at radius 3 is 2.60 bits per heavy atom. The Hall–Kier alpha value is -1.06. The molecule has 0 radical (unpaired) electrons. The fraction of sp³-hybridized carbons (Fsp3) is 0.731. The van der Waals surface area contributed by atoms with Gasteiger partial charge in [-0.15, -0.1) is 0 Å². The summed E-state index contributed by atoms with van der Waals surface area (Å²) in [5, 5.41) is 7.41. The highest BCUT2D eigenvalue weighted by Crippen LogP contribution is 2.48. The molecule has 1 aromatic rings. The average molecular weight is 433 g/mol. The first-order valence-electron chi connectivity index (χ1n) is 12.0. The fourth-order valence-electron chi connectivity index (χ4n) is 5.25. The molecule has 2 N–H and O–H groups in total. The van der Waals surface area contributed by atoms with Crippen molar-refractivity contribution >= 4 is 17.5 Å². The van der Waals surface area contributed by atoms with E-state index in [9.17, 15) is 4.79 Å². The molecule has 2 bridgehead atoms. The molecule has 0 spiro atoms. The smallest absolute Gasteiger partial charge is 0.252 e. The topological polar surface area (TPSA) is 41.1 Å². The van der Waals surface area contributed by atoms with Gasteiger partial charge in [-0.1, -0.05) is 64.1 Å². The second-order valence-corrected chi connectivity index (χ2v) is 11.4. The monoisotopic (exact) mass is 432 g/mol. The van der Waals surface area contributed by atoms with Gasteiger partial charge in [-0.3, -0.25) is 4.79 Å². The minimum atomic E-state index is -0.0107. The summed E-state index contributed by atoms with van der Waals surface area (Å²) in [4.78, 5) is 12.9. The molecule has 2 saturated carbocycles. The highest BCUT2D eigenvalue weighted by Gasteiger charge is 2.39. The number of fused-ring (bicyclic) bond motifs is 2. The van der Waals surface area contributed by atoms with Crippen LogP contribution >= 0.6 is 11.6 Å². The maximum Gasteiger partial charge on any atom is 0.252 e. The standard InChI is InChI=1S/C26H41ClN2O/c1-19(25(2,3)4)28-15-7-10-20-11-12-23(27)22(16-20)24(30)29-18-26-13-5-8-21(17-26)9-6-14-26/h11-12,16,19,21,28H,5-10,13-15,17-18H2,1-4H3,(H,29,30). The van der Waals surface area contributed by atoms with E-state index in [0.717, 1.165) is 31.8 Å². The number of nitrogens with one attached hydrogen (secondary N) is 2. The van der Waals surface area contributed by atoms with Crippen molar-refractivity contribution < 1.29 is 4.79 Å². The number of rotatable bonds is 8. The number of hydrogen-bond donors (Lipinski definition) is 2. The molecule has 1 aromatic carbocycles. The van der Waals surface area contributed by atoms with E-state index in [4.69, 9.17) is 11.6 Å². The van der Waals surface area contributed by atoms with E-state index in [1.54, 1.807) is 0 Å². The van der Waals surface area contributed by atoms with Gasteiger partial charge in [-0.2, -0.15) is 0 Å². The van der Waals surface area contributed by atoms with Gasteiger partial charge in [-0.05, 0) is 80.0 Å². The first-order chi connectivity index (χ1) is 14.2. The zero-order chi connectivity index (χ0) is 21.8. The first kappa shape index (κ1) is 23.6. The van der Waals surface area contributed by atoms with Crippen molar-refractivity contribution in [3.8, 4) is 0 Å². The molecule has 2 aliphatic rings. The molecule has 2 aliphatic carbocycles. The van der Waals surface area contributed by atoms with Crippen LogP contribution in [0.2, 0.25) is 5.02 Å². The summed E-state index contributed by atoms with van der Waals surface area (Å²) in [6.45, 7) is 10.8. The van der Waals surface area contributed by atoms with Gasteiger partial charge in [0.25, 0.3) is 5.91 Å². The Balaban J connectivity index is 1.52. The first-order valence-corrected chi connectivity index (χ1v) is 12.4. The van der Waals surface area contributed by atoms with E-state index in [1.165, 1.54) is 50.5 Å². The summed E-state index contributed by atoms with van der Waals surface area (Å²) in [6, 6.07) is 6.40. The predicted molar refractivity (Wildman–Crippen MR) is 127 cm³/mol. The van der Waals surface area contributed by atoms with E-state index in [1.807, 2.05) is 12.1 Å². The summed E-state index contributed by atoms with van der Waals surface area (Å²) in [6.07, 6.45) is 11.2. The lowest BCUT2D eigenvalue weighted by molar-refractivity contribution is 0.0681. The van der Waals surface area contributed by atoms with Crippen molar-refractivity contribution in [3.63, 3.8) is 0 Å². The number of aryl methyl sites for hydroxylation is 1. The van der Waals surface area contributed by atoms with Crippen LogP contribution in [-0.4, -0.2) is 25.0 Å². The van der Waals surface area contributed by atoms with Crippen molar-refractivity contribution in [3.05, 3.63) is 34.3 Å². The van der Waals surface area contributed by atoms with Crippen LogP contribution in [0.5, 0.6) is 0 Å². The largest absolute Gasteiger partial charge is 0.351 e.